The molecule has 1 saturated heterocycles. The molecule has 2 unspecified atom stereocenters. The number of urea groups is 1. The summed E-state index contributed by atoms with van der Waals surface area (Å²) in [5.74, 6) is 0.908. The first-order valence-corrected chi connectivity index (χ1v) is 6.76. The molecule has 1 aromatic carbocycles. The van der Waals surface area contributed by atoms with Crippen molar-refractivity contribution in [3.05, 3.63) is 34.4 Å². The van der Waals surface area contributed by atoms with Crippen LogP contribution in [-0.4, -0.2) is 28.9 Å². The van der Waals surface area contributed by atoms with Gasteiger partial charge in [0.05, 0.1) is 4.92 Å². The number of hydrogen-bond donors (Lipinski definition) is 1. The molecule has 1 aromatic rings. The average Bonchev–Trinajstić information content (AvgIpc) is 2.37. The number of amides is 2. The maximum absolute atomic E-state index is 12.2. The third kappa shape index (κ3) is 3.26. The summed E-state index contributed by atoms with van der Waals surface area (Å²) in [4.78, 5) is 24.4. The minimum absolute atomic E-state index is 0.0843. The monoisotopic (exact) mass is 277 g/mol. The Labute approximate surface area is 117 Å². The number of nitrogens with zero attached hydrogens (tertiary/aromatic N) is 2. The van der Waals surface area contributed by atoms with Crippen molar-refractivity contribution in [1.29, 1.82) is 0 Å². The first-order valence-electron chi connectivity index (χ1n) is 6.76. The summed E-state index contributed by atoms with van der Waals surface area (Å²) in [6.07, 6.45) is 1.11. The maximum atomic E-state index is 12.2. The molecule has 108 valence electrons. The van der Waals surface area contributed by atoms with E-state index in [-0.39, 0.29) is 17.4 Å². The van der Waals surface area contributed by atoms with E-state index < -0.39 is 4.92 Å². The SMILES string of the molecule is CC1CC(C)CN(C(=O)Nc2ccccc2[N+](=O)[O-])C1. The Morgan fingerprint density at radius 2 is 1.90 bits per heavy atom. The summed E-state index contributed by atoms with van der Waals surface area (Å²) in [6.45, 7) is 5.61. The Balaban J connectivity index is 2.10. The highest BCUT2D eigenvalue weighted by atomic mass is 16.6. The Kier molecular flexibility index (Phi) is 4.22. The van der Waals surface area contributed by atoms with E-state index in [1.807, 2.05) is 0 Å². The third-order valence-corrected chi connectivity index (χ3v) is 3.50. The minimum Gasteiger partial charge on any atom is -0.324 e. The van der Waals surface area contributed by atoms with Crippen LogP contribution in [0.5, 0.6) is 0 Å². The van der Waals surface area contributed by atoms with E-state index in [1.165, 1.54) is 6.07 Å². The number of anilines is 1. The molecule has 1 fully saturated rings. The van der Waals surface area contributed by atoms with Crippen molar-refractivity contribution in [2.75, 3.05) is 18.4 Å². The van der Waals surface area contributed by atoms with Crippen LogP contribution in [0, 0.1) is 22.0 Å². The molecule has 0 aromatic heterocycles. The predicted molar refractivity (Wildman–Crippen MR) is 76.6 cm³/mol. The third-order valence-electron chi connectivity index (χ3n) is 3.50. The van der Waals surface area contributed by atoms with Crippen LogP contribution in [0.3, 0.4) is 0 Å². The van der Waals surface area contributed by atoms with Crippen molar-refractivity contribution in [2.24, 2.45) is 11.8 Å². The molecule has 0 saturated carbocycles. The van der Waals surface area contributed by atoms with E-state index in [9.17, 15) is 14.9 Å². The van der Waals surface area contributed by atoms with E-state index in [2.05, 4.69) is 19.2 Å². The zero-order chi connectivity index (χ0) is 14.7. The molecule has 2 atom stereocenters. The van der Waals surface area contributed by atoms with Crippen LogP contribution in [-0.2, 0) is 0 Å². The Hall–Kier alpha value is -2.11. The number of nitro benzene ring substituents is 1. The van der Waals surface area contributed by atoms with Crippen molar-refractivity contribution >= 4 is 17.4 Å². The van der Waals surface area contributed by atoms with Crippen LogP contribution in [0.15, 0.2) is 24.3 Å². The van der Waals surface area contributed by atoms with Crippen LogP contribution >= 0.6 is 0 Å². The second kappa shape index (κ2) is 5.90. The Bertz CT molecular complexity index is 508. The summed E-state index contributed by atoms with van der Waals surface area (Å²) in [5, 5.41) is 13.6. The number of nitro groups is 1. The molecule has 6 heteroatoms. The number of carbonyl (C=O) groups is 1. The molecule has 1 heterocycles. The molecule has 20 heavy (non-hydrogen) atoms. The van der Waals surface area contributed by atoms with Crippen LogP contribution in [0.4, 0.5) is 16.2 Å². The highest BCUT2D eigenvalue weighted by molar-refractivity contribution is 5.91. The second-order valence-electron chi connectivity index (χ2n) is 5.56. The fourth-order valence-electron chi connectivity index (χ4n) is 2.76. The summed E-state index contributed by atoms with van der Waals surface area (Å²) in [6, 6.07) is 5.92. The van der Waals surface area contributed by atoms with Gasteiger partial charge in [-0.15, -0.1) is 0 Å². The topological polar surface area (TPSA) is 75.5 Å². The molecular weight excluding hydrogens is 258 g/mol. The molecule has 0 bridgehead atoms. The molecule has 1 aliphatic heterocycles. The zero-order valence-electron chi connectivity index (χ0n) is 11.7. The fourth-order valence-corrected chi connectivity index (χ4v) is 2.76. The fraction of sp³-hybridized carbons (Fsp3) is 0.500. The van der Waals surface area contributed by atoms with E-state index in [4.69, 9.17) is 0 Å². The van der Waals surface area contributed by atoms with Crippen LogP contribution in [0.1, 0.15) is 20.3 Å². The van der Waals surface area contributed by atoms with Crippen LogP contribution < -0.4 is 5.32 Å². The summed E-state index contributed by atoms with van der Waals surface area (Å²) in [7, 11) is 0. The van der Waals surface area contributed by atoms with E-state index in [0.717, 1.165) is 6.42 Å². The van der Waals surface area contributed by atoms with Gasteiger partial charge in [-0.1, -0.05) is 26.0 Å². The van der Waals surface area contributed by atoms with Crippen molar-refractivity contribution in [1.82, 2.24) is 4.90 Å². The molecule has 0 radical (unpaired) electrons. The predicted octanol–water partition coefficient (Wildman–Crippen LogP) is 3.10. The molecule has 1 aliphatic rings. The van der Waals surface area contributed by atoms with Crippen molar-refractivity contribution < 1.29 is 9.72 Å². The Morgan fingerprint density at radius 1 is 1.30 bits per heavy atom. The lowest BCUT2D eigenvalue weighted by Crippen LogP contribution is -2.44. The van der Waals surface area contributed by atoms with E-state index in [0.29, 0.717) is 24.9 Å². The van der Waals surface area contributed by atoms with Gasteiger partial charge in [-0.05, 0) is 24.3 Å². The largest absolute Gasteiger partial charge is 0.324 e. The van der Waals surface area contributed by atoms with Gasteiger partial charge in [0.25, 0.3) is 5.69 Å². The number of rotatable bonds is 2. The highest BCUT2D eigenvalue weighted by Crippen LogP contribution is 2.25. The summed E-state index contributed by atoms with van der Waals surface area (Å²) >= 11 is 0. The molecule has 2 amide bonds. The van der Waals surface area contributed by atoms with Gasteiger partial charge in [0, 0.05) is 19.2 Å². The number of nitrogens with one attached hydrogen (secondary N) is 1. The van der Waals surface area contributed by atoms with Gasteiger partial charge in [-0.25, -0.2) is 4.79 Å². The van der Waals surface area contributed by atoms with Gasteiger partial charge >= 0.3 is 6.03 Å². The number of para-hydroxylation sites is 2. The molecule has 2 rings (SSSR count). The van der Waals surface area contributed by atoms with Gasteiger partial charge in [-0.3, -0.25) is 10.1 Å². The van der Waals surface area contributed by atoms with Crippen LogP contribution in [0.2, 0.25) is 0 Å². The number of hydrogen-bond acceptors (Lipinski definition) is 3. The number of benzene rings is 1. The number of carbonyl (C=O) groups excluding carboxylic acids is 1. The Morgan fingerprint density at radius 3 is 2.50 bits per heavy atom. The van der Waals surface area contributed by atoms with E-state index >= 15 is 0 Å². The normalized spacial score (nSPS) is 22.4. The maximum Gasteiger partial charge on any atom is 0.322 e. The average molecular weight is 277 g/mol. The molecule has 1 N–H and O–H groups in total. The summed E-state index contributed by atoms with van der Waals surface area (Å²) < 4.78 is 0. The molecule has 0 aliphatic carbocycles. The van der Waals surface area contributed by atoms with E-state index in [1.54, 1.807) is 23.1 Å². The van der Waals surface area contributed by atoms with Crippen molar-refractivity contribution in [2.45, 2.75) is 20.3 Å². The lowest BCUT2D eigenvalue weighted by atomic mass is 9.92. The van der Waals surface area contributed by atoms with Gasteiger partial charge < -0.3 is 10.2 Å². The van der Waals surface area contributed by atoms with Gasteiger partial charge in [0.1, 0.15) is 5.69 Å². The molecular formula is C14H19N3O3. The molecule has 6 nitrogen and oxygen atoms in total. The minimum atomic E-state index is -0.489. The number of piperidine rings is 1. The lowest BCUT2D eigenvalue weighted by molar-refractivity contribution is -0.383. The second-order valence-corrected chi connectivity index (χ2v) is 5.56. The standard InChI is InChI=1S/C14H19N3O3/c1-10-7-11(2)9-16(8-10)14(18)15-12-5-3-4-6-13(12)17(19)20/h3-6,10-11H,7-9H2,1-2H3,(H,15,18). The number of likely N-dealkylation sites (tertiary alicyclic amines) is 1. The van der Waals surface area contributed by atoms with Crippen LogP contribution in [0.25, 0.3) is 0 Å². The molecule has 0 spiro atoms. The smallest absolute Gasteiger partial charge is 0.322 e. The summed E-state index contributed by atoms with van der Waals surface area (Å²) in [5.41, 5.74) is 0.160. The first kappa shape index (κ1) is 14.3. The zero-order valence-corrected chi connectivity index (χ0v) is 11.7. The highest BCUT2D eigenvalue weighted by Gasteiger charge is 2.26. The van der Waals surface area contributed by atoms with Crippen molar-refractivity contribution in [3.63, 3.8) is 0 Å². The van der Waals surface area contributed by atoms with Gasteiger partial charge in [0.2, 0.25) is 0 Å². The lowest BCUT2D eigenvalue weighted by Gasteiger charge is -2.34. The van der Waals surface area contributed by atoms with Crippen molar-refractivity contribution in [3.8, 4) is 0 Å². The first-order chi connectivity index (χ1) is 9.47. The van der Waals surface area contributed by atoms with Gasteiger partial charge in [0.15, 0.2) is 0 Å². The quantitative estimate of drug-likeness (QED) is 0.666. The van der Waals surface area contributed by atoms with Gasteiger partial charge in [-0.2, -0.15) is 0 Å².